The number of rotatable bonds is 17. The van der Waals surface area contributed by atoms with E-state index >= 15 is 0 Å². The summed E-state index contributed by atoms with van der Waals surface area (Å²) in [6.45, 7) is 3.38. The van der Waals surface area contributed by atoms with Crippen LogP contribution in [0.4, 0.5) is 9.18 Å². The first-order valence-corrected chi connectivity index (χ1v) is 13.4. The van der Waals surface area contributed by atoms with E-state index in [4.69, 9.17) is 23.7 Å². The molecule has 0 aromatic heterocycles. The highest BCUT2D eigenvalue weighted by Gasteiger charge is 2.18. The standard InChI is InChI=1S/C31H36FNO8/c1-3-38-29(30(34)35)21-23-9-13-25(14-10-23)40-20-18-33(31(36)41-28-8-6-7-27(22-28)37-2)17-4-5-19-39-26-15-11-24(32)12-16-26/h6-16,22,29H,3-5,17-21H2,1-2H3,(H,34,35). The van der Waals surface area contributed by atoms with Crippen molar-refractivity contribution in [3.05, 3.63) is 84.2 Å². The van der Waals surface area contributed by atoms with Crippen molar-refractivity contribution in [2.75, 3.05) is 40.0 Å². The summed E-state index contributed by atoms with van der Waals surface area (Å²) >= 11 is 0. The van der Waals surface area contributed by atoms with Gasteiger partial charge in [-0.1, -0.05) is 18.2 Å². The van der Waals surface area contributed by atoms with Crippen molar-refractivity contribution in [2.45, 2.75) is 32.3 Å². The predicted octanol–water partition coefficient (Wildman–Crippen LogP) is 5.61. The fourth-order valence-corrected chi connectivity index (χ4v) is 3.88. The molecule has 0 aliphatic carbocycles. The Kier molecular flexibility index (Phi) is 12.7. The number of ether oxygens (including phenoxy) is 5. The first-order valence-electron chi connectivity index (χ1n) is 13.4. The Labute approximate surface area is 239 Å². The maximum absolute atomic E-state index is 13.1. The van der Waals surface area contributed by atoms with E-state index < -0.39 is 18.2 Å². The highest BCUT2D eigenvalue weighted by molar-refractivity contribution is 5.72. The third kappa shape index (κ3) is 11.0. The minimum atomic E-state index is -1.00. The average molecular weight is 570 g/mol. The van der Waals surface area contributed by atoms with E-state index in [1.165, 1.54) is 19.2 Å². The smallest absolute Gasteiger partial charge is 0.415 e. The number of aliphatic carboxylic acids is 1. The van der Waals surface area contributed by atoms with Crippen LogP contribution in [-0.2, 0) is 16.0 Å². The second-order valence-electron chi connectivity index (χ2n) is 9.02. The van der Waals surface area contributed by atoms with Crippen molar-refractivity contribution >= 4 is 12.1 Å². The highest BCUT2D eigenvalue weighted by Crippen LogP contribution is 2.20. The normalized spacial score (nSPS) is 11.4. The molecule has 1 N–H and O–H groups in total. The number of carbonyl (C=O) groups excluding carboxylic acids is 1. The summed E-state index contributed by atoms with van der Waals surface area (Å²) in [6.07, 6.45) is 0.137. The number of carboxylic acid groups (broad SMARTS) is 1. The summed E-state index contributed by atoms with van der Waals surface area (Å²) in [6, 6.07) is 19.7. The predicted molar refractivity (Wildman–Crippen MR) is 150 cm³/mol. The third-order valence-electron chi connectivity index (χ3n) is 6.03. The van der Waals surface area contributed by atoms with Crippen LogP contribution in [-0.4, -0.2) is 68.2 Å². The summed E-state index contributed by atoms with van der Waals surface area (Å²) in [5.74, 6) is 0.774. The first-order chi connectivity index (χ1) is 19.9. The quantitative estimate of drug-likeness (QED) is 0.210. The topological polar surface area (TPSA) is 104 Å². The fraction of sp³-hybridized carbons (Fsp3) is 0.355. The summed E-state index contributed by atoms with van der Waals surface area (Å²) < 4.78 is 40.6. The molecule has 0 saturated carbocycles. The number of hydrogen-bond donors (Lipinski definition) is 1. The van der Waals surface area contributed by atoms with Crippen molar-refractivity contribution in [3.63, 3.8) is 0 Å². The lowest BCUT2D eigenvalue weighted by Gasteiger charge is -2.22. The number of hydrogen-bond acceptors (Lipinski definition) is 7. The molecule has 3 aromatic carbocycles. The zero-order valence-electron chi connectivity index (χ0n) is 23.3. The van der Waals surface area contributed by atoms with Crippen molar-refractivity contribution in [1.82, 2.24) is 4.90 Å². The number of methoxy groups -OCH3 is 1. The molecule has 0 fully saturated rings. The first kappa shape index (κ1) is 31.2. The Bertz CT molecular complexity index is 1220. The maximum atomic E-state index is 13.1. The van der Waals surface area contributed by atoms with Crippen LogP contribution in [0.3, 0.4) is 0 Å². The molecule has 220 valence electrons. The molecule has 0 heterocycles. The monoisotopic (exact) mass is 569 g/mol. The largest absolute Gasteiger partial charge is 0.497 e. The molecule has 3 rings (SSSR count). The van der Waals surface area contributed by atoms with Crippen molar-refractivity contribution in [1.29, 1.82) is 0 Å². The molecule has 1 atom stereocenters. The molecule has 1 unspecified atom stereocenters. The molecule has 0 bridgehead atoms. The van der Waals surface area contributed by atoms with Gasteiger partial charge in [0.2, 0.25) is 0 Å². The lowest BCUT2D eigenvalue weighted by molar-refractivity contribution is -0.149. The van der Waals surface area contributed by atoms with Crippen LogP contribution < -0.4 is 18.9 Å². The Morgan fingerprint density at radius 2 is 1.51 bits per heavy atom. The molecule has 0 radical (unpaired) electrons. The molecule has 0 aliphatic heterocycles. The molecule has 10 heteroatoms. The number of nitrogens with zero attached hydrogens (tertiary/aromatic N) is 1. The van der Waals surface area contributed by atoms with Gasteiger partial charge in [0.1, 0.15) is 35.4 Å². The van der Waals surface area contributed by atoms with Crippen molar-refractivity contribution in [2.24, 2.45) is 0 Å². The second kappa shape index (κ2) is 16.7. The molecule has 0 saturated heterocycles. The van der Waals surface area contributed by atoms with E-state index in [2.05, 4.69) is 0 Å². The van der Waals surface area contributed by atoms with E-state index in [9.17, 15) is 19.1 Å². The van der Waals surface area contributed by atoms with E-state index in [0.29, 0.717) is 55.6 Å². The number of carboxylic acids is 1. The van der Waals surface area contributed by atoms with Crippen LogP contribution in [0.2, 0.25) is 0 Å². The SMILES string of the molecule is CCOC(Cc1ccc(OCCN(CCCCOc2ccc(F)cc2)C(=O)Oc2cccc(OC)c2)cc1)C(=O)O. The molecule has 0 aliphatic rings. The van der Waals surface area contributed by atoms with Gasteiger partial charge < -0.3 is 33.7 Å². The van der Waals surface area contributed by atoms with Gasteiger partial charge in [0.25, 0.3) is 0 Å². The Hall–Kier alpha value is -4.31. The number of amides is 1. The van der Waals surface area contributed by atoms with E-state index in [0.717, 1.165) is 5.56 Å². The molecule has 3 aromatic rings. The Balaban J connectivity index is 1.53. The molecule has 9 nitrogen and oxygen atoms in total. The summed E-state index contributed by atoms with van der Waals surface area (Å²) in [5.41, 5.74) is 0.810. The number of benzene rings is 3. The van der Waals surface area contributed by atoms with E-state index in [1.807, 2.05) is 0 Å². The minimum Gasteiger partial charge on any atom is -0.497 e. The summed E-state index contributed by atoms with van der Waals surface area (Å²) in [7, 11) is 1.54. The van der Waals surface area contributed by atoms with Gasteiger partial charge in [-0.25, -0.2) is 14.0 Å². The van der Waals surface area contributed by atoms with Crippen LogP contribution in [0.5, 0.6) is 23.0 Å². The van der Waals surface area contributed by atoms with Gasteiger partial charge >= 0.3 is 12.1 Å². The second-order valence-corrected chi connectivity index (χ2v) is 9.02. The van der Waals surface area contributed by atoms with Gasteiger partial charge in [-0.15, -0.1) is 0 Å². The van der Waals surface area contributed by atoms with Crippen LogP contribution >= 0.6 is 0 Å². The van der Waals surface area contributed by atoms with E-state index in [-0.39, 0.29) is 25.4 Å². The van der Waals surface area contributed by atoms with E-state index in [1.54, 1.807) is 72.5 Å². The van der Waals surface area contributed by atoms with Crippen LogP contribution in [0.25, 0.3) is 0 Å². The molecule has 41 heavy (non-hydrogen) atoms. The lowest BCUT2D eigenvalue weighted by atomic mass is 10.1. The lowest BCUT2D eigenvalue weighted by Crippen LogP contribution is -2.37. The van der Waals surface area contributed by atoms with Crippen LogP contribution in [0.15, 0.2) is 72.8 Å². The van der Waals surface area contributed by atoms with Crippen LogP contribution in [0.1, 0.15) is 25.3 Å². The van der Waals surface area contributed by atoms with Gasteiger partial charge in [0.05, 0.1) is 20.3 Å². The van der Waals surface area contributed by atoms with Gasteiger partial charge in [-0.05, 0) is 73.9 Å². The number of halogens is 1. The summed E-state index contributed by atoms with van der Waals surface area (Å²) in [4.78, 5) is 25.9. The maximum Gasteiger partial charge on any atom is 0.415 e. The molecular weight excluding hydrogens is 533 g/mol. The fourth-order valence-electron chi connectivity index (χ4n) is 3.88. The number of unbranched alkanes of at least 4 members (excludes halogenated alkanes) is 1. The number of carbonyl (C=O) groups is 2. The average Bonchev–Trinajstić information content (AvgIpc) is 2.97. The van der Waals surface area contributed by atoms with Crippen molar-refractivity contribution < 1.29 is 42.8 Å². The van der Waals surface area contributed by atoms with Gasteiger partial charge in [-0.3, -0.25) is 0 Å². The van der Waals surface area contributed by atoms with Gasteiger partial charge in [0.15, 0.2) is 6.10 Å². The van der Waals surface area contributed by atoms with Crippen molar-refractivity contribution in [3.8, 4) is 23.0 Å². The summed E-state index contributed by atoms with van der Waals surface area (Å²) in [5, 5.41) is 9.29. The van der Waals surface area contributed by atoms with Gasteiger partial charge in [0, 0.05) is 25.6 Å². The zero-order valence-corrected chi connectivity index (χ0v) is 23.3. The minimum absolute atomic E-state index is 0.218. The van der Waals surface area contributed by atoms with Gasteiger partial charge in [-0.2, -0.15) is 0 Å². The van der Waals surface area contributed by atoms with Crippen LogP contribution in [0, 0.1) is 5.82 Å². The Morgan fingerprint density at radius 3 is 2.17 bits per heavy atom. The third-order valence-corrected chi connectivity index (χ3v) is 6.03. The Morgan fingerprint density at radius 1 is 0.854 bits per heavy atom. The highest BCUT2D eigenvalue weighted by atomic mass is 19.1. The molecule has 0 spiro atoms. The zero-order chi connectivity index (χ0) is 29.5. The molecular formula is C31H36FNO8. The molecule has 1 amide bonds.